The Bertz CT molecular complexity index is 181. The lowest BCUT2D eigenvalue weighted by molar-refractivity contribution is 0.189. The van der Waals surface area contributed by atoms with Gasteiger partial charge in [0.15, 0.2) is 0 Å². The molecule has 2 heteroatoms. The Labute approximate surface area is 101 Å². The van der Waals surface area contributed by atoms with Gasteiger partial charge in [-0.05, 0) is 12.8 Å². The minimum atomic E-state index is 0.0775. The summed E-state index contributed by atoms with van der Waals surface area (Å²) in [6, 6.07) is 0. The molecule has 0 spiro atoms. The van der Waals surface area contributed by atoms with Crippen molar-refractivity contribution >= 4 is 0 Å². The predicted molar refractivity (Wildman–Crippen MR) is 69.7 cm³/mol. The zero-order valence-electron chi connectivity index (χ0n) is 10.9. The third-order valence-electron chi connectivity index (χ3n) is 3.17. The van der Waals surface area contributed by atoms with E-state index in [1.807, 2.05) is 0 Å². The van der Waals surface area contributed by atoms with Gasteiger partial charge >= 0.3 is 0 Å². The van der Waals surface area contributed by atoms with Crippen LogP contribution in [0, 0.1) is 6.92 Å². The fourth-order valence-corrected chi connectivity index (χ4v) is 2.04. The Balaban J connectivity index is 2.20. The molecule has 2 radical (unpaired) electrons. The second-order valence-corrected chi connectivity index (χ2v) is 4.60. The van der Waals surface area contributed by atoms with E-state index in [4.69, 9.17) is 6.92 Å². The van der Waals surface area contributed by atoms with Crippen molar-refractivity contribution in [2.45, 2.75) is 58.5 Å². The van der Waals surface area contributed by atoms with Crippen LogP contribution in [0.25, 0.3) is 0 Å². The monoisotopic (exact) mass is 222 g/mol. The highest BCUT2D eigenvalue weighted by Gasteiger charge is 2.20. The van der Waals surface area contributed by atoms with Crippen LogP contribution in [0.5, 0.6) is 0 Å². The van der Waals surface area contributed by atoms with Crippen molar-refractivity contribution in [2.24, 2.45) is 0 Å². The summed E-state index contributed by atoms with van der Waals surface area (Å²) in [6.07, 6.45) is 12.0. The van der Waals surface area contributed by atoms with Crippen LogP contribution in [-0.4, -0.2) is 29.1 Å². The molecule has 0 amide bonds. The Hall–Kier alpha value is -0.660. The lowest BCUT2D eigenvalue weighted by atomic mass is 10.2. The van der Waals surface area contributed by atoms with Gasteiger partial charge in [0.1, 0.15) is 6.17 Å². The number of rotatable bonds is 8. The topological polar surface area (TPSA) is 6.48 Å². The Kier molecular flexibility index (Phi) is 6.36. The smallest absolute Gasteiger partial charge is 0.104 e. The van der Waals surface area contributed by atoms with Gasteiger partial charge in [-0.25, -0.2) is 0 Å². The molecule has 0 atom stereocenters. The number of unbranched alkanes of at least 4 members (excludes halogenated alkanes) is 4. The maximum Gasteiger partial charge on any atom is 0.104 e. The molecule has 0 saturated heterocycles. The molecule has 0 N–H and O–H groups in total. The van der Waals surface area contributed by atoms with Crippen molar-refractivity contribution in [1.29, 1.82) is 0 Å². The molecule has 1 aliphatic heterocycles. The molecule has 0 saturated carbocycles. The van der Waals surface area contributed by atoms with Gasteiger partial charge < -0.3 is 9.80 Å². The van der Waals surface area contributed by atoms with Gasteiger partial charge in [-0.3, -0.25) is 0 Å². The average molecular weight is 222 g/mol. The summed E-state index contributed by atoms with van der Waals surface area (Å²) < 4.78 is 0. The van der Waals surface area contributed by atoms with Crippen molar-refractivity contribution in [2.75, 3.05) is 13.1 Å². The van der Waals surface area contributed by atoms with Gasteiger partial charge in [-0.15, -0.1) is 0 Å². The lowest BCUT2D eigenvalue weighted by Gasteiger charge is -2.29. The summed E-state index contributed by atoms with van der Waals surface area (Å²) in [4.78, 5) is 4.50. The normalized spacial score (nSPS) is 16.4. The van der Waals surface area contributed by atoms with Gasteiger partial charge in [0.25, 0.3) is 0 Å². The minimum Gasteiger partial charge on any atom is -0.356 e. The summed E-state index contributed by atoms with van der Waals surface area (Å²) >= 11 is 0. The van der Waals surface area contributed by atoms with E-state index in [2.05, 4.69) is 36.0 Å². The van der Waals surface area contributed by atoms with E-state index in [1.165, 1.54) is 38.5 Å². The van der Waals surface area contributed by atoms with E-state index in [9.17, 15) is 0 Å². The molecule has 0 aliphatic carbocycles. The zero-order valence-corrected chi connectivity index (χ0v) is 10.9. The molecule has 92 valence electrons. The second kappa shape index (κ2) is 7.59. The van der Waals surface area contributed by atoms with Crippen LogP contribution < -0.4 is 0 Å². The van der Waals surface area contributed by atoms with Crippen LogP contribution in [-0.2, 0) is 0 Å². The van der Waals surface area contributed by atoms with E-state index in [-0.39, 0.29) is 6.17 Å². The van der Waals surface area contributed by atoms with Gasteiger partial charge in [-0.2, -0.15) is 0 Å². The van der Waals surface area contributed by atoms with Gasteiger partial charge in [0.05, 0.1) is 0 Å². The van der Waals surface area contributed by atoms with Crippen LogP contribution in [0.3, 0.4) is 0 Å². The van der Waals surface area contributed by atoms with Gasteiger partial charge in [-0.1, -0.05) is 39.5 Å². The summed E-state index contributed by atoms with van der Waals surface area (Å²) in [6.45, 7) is 12.8. The predicted octanol–water partition coefficient (Wildman–Crippen LogP) is 3.49. The first kappa shape index (κ1) is 13.4. The molecule has 0 aromatic carbocycles. The van der Waals surface area contributed by atoms with Crippen molar-refractivity contribution in [3.63, 3.8) is 0 Å². The Morgan fingerprint density at radius 2 is 1.31 bits per heavy atom. The van der Waals surface area contributed by atoms with Crippen molar-refractivity contribution in [3.8, 4) is 0 Å². The molecule has 0 aromatic rings. The molecule has 1 heterocycles. The number of hydrogen-bond donors (Lipinski definition) is 0. The average Bonchev–Trinajstić information content (AvgIpc) is 2.62. The highest BCUT2D eigenvalue weighted by atomic mass is 15.4. The highest BCUT2D eigenvalue weighted by Crippen LogP contribution is 2.16. The fourth-order valence-electron chi connectivity index (χ4n) is 2.04. The molecule has 0 fully saturated rings. The molecule has 0 bridgehead atoms. The number of hydrogen-bond acceptors (Lipinski definition) is 2. The molecule has 16 heavy (non-hydrogen) atoms. The van der Waals surface area contributed by atoms with Crippen molar-refractivity contribution in [3.05, 3.63) is 19.3 Å². The summed E-state index contributed by atoms with van der Waals surface area (Å²) in [7, 11) is 0. The first-order chi connectivity index (χ1) is 7.79. The van der Waals surface area contributed by atoms with E-state index < -0.39 is 0 Å². The van der Waals surface area contributed by atoms with E-state index in [0.717, 1.165) is 13.1 Å². The van der Waals surface area contributed by atoms with E-state index in [1.54, 1.807) is 0 Å². The lowest BCUT2D eigenvalue weighted by Crippen LogP contribution is -2.37. The standard InChI is InChI=1S/C14H26N2/c1-4-6-8-10-15-12-13-16(14(15)3)11-9-7-5-2/h3,12-14H,4-11H2,1-2H3. The second-order valence-electron chi connectivity index (χ2n) is 4.60. The molecular weight excluding hydrogens is 196 g/mol. The van der Waals surface area contributed by atoms with Gasteiger partial charge in [0.2, 0.25) is 0 Å². The first-order valence-electron chi connectivity index (χ1n) is 6.75. The molecule has 2 nitrogen and oxygen atoms in total. The molecular formula is C14H26N2. The Morgan fingerprint density at radius 1 is 0.875 bits per heavy atom. The molecule has 0 aromatic heterocycles. The molecule has 0 unspecified atom stereocenters. The fraction of sp³-hybridized carbons (Fsp3) is 0.786. The van der Waals surface area contributed by atoms with Crippen LogP contribution >= 0.6 is 0 Å². The number of nitrogens with zero attached hydrogens (tertiary/aromatic N) is 2. The zero-order chi connectivity index (χ0) is 11.8. The van der Waals surface area contributed by atoms with Crippen molar-refractivity contribution in [1.82, 2.24) is 9.80 Å². The van der Waals surface area contributed by atoms with Crippen LogP contribution in [0.15, 0.2) is 12.4 Å². The van der Waals surface area contributed by atoms with Crippen LogP contribution in [0.2, 0.25) is 0 Å². The third-order valence-corrected chi connectivity index (χ3v) is 3.17. The maximum absolute atomic E-state index is 6.18. The maximum atomic E-state index is 6.18. The highest BCUT2D eigenvalue weighted by molar-refractivity contribution is 4.97. The van der Waals surface area contributed by atoms with Gasteiger partial charge in [0, 0.05) is 32.4 Å². The third kappa shape index (κ3) is 4.07. The largest absolute Gasteiger partial charge is 0.356 e. The molecule has 1 rings (SSSR count). The van der Waals surface area contributed by atoms with Crippen molar-refractivity contribution < 1.29 is 0 Å². The van der Waals surface area contributed by atoms with Crippen LogP contribution in [0.4, 0.5) is 0 Å². The summed E-state index contributed by atoms with van der Waals surface area (Å²) in [5, 5.41) is 0. The first-order valence-corrected chi connectivity index (χ1v) is 6.75. The SMILES string of the molecule is [CH]C1N(CCCCC)C=CN1CCCCC. The van der Waals surface area contributed by atoms with E-state index >= 15 is 0 Å². The summed E-state index contributed by atoms with van der Waals surface area (Å²) in [5.74, 6) is 0. The Morgan fingerprint density at radius 3 is 1.69 bits per heavy atom. The molecule has 1 aliphatic rings. The van der Waals surface area contributed by atoms with E-state index in [0.29, 0.717) is 0 Å². The van der Waals surface area contributed by atoms with Crippen LogP contribution in [0.1, 0.15) is 52.4 Å². The quantitative estimate of drug-likeness (QED) is 0.580. The summed E-state index contributed by atoms with van der Waals surface area (Å²) in [5.41, 5.74) is 0. The minimum absolute atomic E-state index is 0.0775.